The summed E-state index contributed by atoms with van der Waals surface area (Å²) >= 11 is 5.23. The first-order valence-corrected chi connectivity index (χ1v) is 9.70. The van der Waals surface area contributed by atoms with Gasteiger partial charge in [-0.15, -0.1) is 11.3 Å². The van der Waals surface area contributed by atoms with Crippen LogP contribution in [0.15, 0.2) is 34.4 Å². The molecular weight excluding hydrogens is 386 g/mol. The fourth-order valence-corrected chi connectivity index (χ4v) is 4.23. The predicted molar refractivity (Wildman–Crippen MR) is 103 cm³/mol. The van der Waals surface area contributed by atoms with Gasteiger partial charge in [0.15, 0.2) is 5.13 Å². The molecule has 1 aromatic carbocycles. The number of nitrogens with one attached hydrogen (secondary N) is 1. The minimum absolute atomic E-state index is 0.478. The van der Waals surface area contributed by atoms with Gasteiger partial charge < -0.3 is 10.2 Å². The van der Waals surface area contributed by atoms with E-state index in [2.05, 4.69) is 52.5 Å². The van der Waals surface area contributed by atoms with Crippen LogP contribution in [0.1, 0.15) is 18.5 Å². The number of aryl methyl sites for hydroxylation is 1. The smallest absolute Gasteiger partial charge is 0.183 e. The Morgan fingerprint density at radius 2 is 2.08 bits per heavy atom. The molecule has 3 aromatic rings. The molecule has 0 spiro atoms. The molecular formula is C17H18BrN5S. The van der Waals surface area contributed by atoms with E-state index in [4.69, 9.17) is 0 Å². The standard InChI is InChI=1S/C17H18BrN5S/c1-11-9-24-17(21-11)22-13-4-6-23(7-5-13)16-14-8-12(18)2-3-15(14)19-10-20-16/h2-3,8-10,13H,4-7H2,1H3,(H,21,22). The maximum Gasteiger partial charge on any atom is 0.183 e. The lowest BCUT2D eigenvalue weighted by Gasteiger charge is -2.33. The van der Waals surface area contributed by atoms with Crippen LogP contribution in [0, 0.1) is 6.92 Å². The monoisotopic (exact) mass is 403 g/mol. The molecule has 7 heteroatoms. The molecule has 124 valence electrons. The zero-order valence-corrected chi connectivity index (χ0v) is 15.8. The zero-order valence-electron chi connectivity index (χ0n) is 13.4. The third kappa shape index (κ3) is 3.23. The normalized spacial score (nSPS) is 15.8. The summed E-state index contributed by atoms with van der Waals surface area (Å²) in [7, 11) is 0. The number of piperidine rings is 1. The predicted octanol–water partition coefficient (Wildman–Crippen LogP) is 4.24. The molecule has 4 rings (SSSR count). The van der Waals surface area contributed by atoms with Crippen molar-refractivity contribution >= 4 is 49.1 Å². The molecule has 1 N–H and O–H groups in total. The van der Waals surface area contributed by atoms with E-state index in [1.54, 1.807) is 17.7 Å². The van der Waals surface area contributed by atoms with E-state index in [-0.39, 0.29) is 0 Å². The summed E-state index contributed by atoms with van der Waals surface area (Å²) < 4.78 is 1.06. The second-order valence-corrected chi connectivity index (χ2v) is 7.83. The molecule has 3 heterocycles. The summed E-state index contributed by atoms with van der Waals surface area (Å²) in [5.41, 5.74) is 2.07. The number of aromatic nitrogens is 3. The van der Waals surface area contributed by atoms with E-state index in [9.17, 15) is 0 Å². The van der Waals surface area contributed by atoms with E-state index in [1.807, 2.05) is 19.1 Å². The van der Waals surface area contributed by atoms with Crippen LogP contribution < -0.4 is 10.2 Å². The van der Waals surface area contributed by atoms with Gasteiger partial charge in [-0.2, -0.15) is 0 Å². The Kier molecular flexibility index (Phi) is 4.37. The highest BCUT2D eigenvalue weighted by Gasteiger charge is 2.22. The first-order chi connectivity index (χ1) is 11.7. The van der Waals surface area contributed by atoms with E-state index in [0.29, 0.717) is 6.04 Å². The number of thiazole rings is 1. The number of anilines is 2. The minimum atomic E-state index is 0.478. The van der Waals surface area contributed by atoms with Gasteiger partial charge >= 0.3 is 0 Å². The zero-order chi connectivity index (χ0) is 16.5. The van der Waals surface area contributed by atoms with Crippen LogP contribution in [-0.2, 0) is 0 Å². The number of hydrogen-bond donors (Lipinski definition) is 1. The summed E-state index contributed by atoms with van der Waals surface area (Å²) in [4.78, 5) is 15.8. The van der Waals surface area contributed by atoms with Crippen LogP contribution in [0.3, 0.4) is 0 Å². The number of hydrogen-bond acceptors (Lipinski definition) is 6. The molecule has 1 aliphatic heterocycles. The fourth-order valence-electron chi connectivity index (χ4n) is 3.10. The van der Waals surface area contributed by atoms with Crippen molar-refractivity contribution in [3.05, 3.63) is 40.1 Å². The van der Waals surface area contributed by atoms with Gasteiger partial charge in [0.1, 0.15) is 12.1 Å². The fraction of sp³-hybridized carbons (Fsp3) is 0.353. The van der Waals surface area contributed by atoms with Crippen molar-refractivity contribution < 1.29 is 0 Å². The minimum Gasteiger partial charge on any atom is -0.359 e. The van der Waals surface area contributed by atoms with Gasteiger partial charge in [0.2, 0.25) is 0 Å². The van der Waals surface area contributed by atoms with Crippen molar-refractivity contribution in [1.82, 2.24) is 15.0 Å². The molecule has 0 bridgehead atoms. The highest BCUT2D eigenvalue weighted by Crippen LogP contribution is 2.29. The molecule has 24 heavy (non-hydrogen) atoms. The van der Waals surface area contributed by atoms with Crippen LogP contribution >= 0.6 is 27.3 Å². The van der Waals surface area contributed by atoms with Crippen molar-refractivity contribution in [3.8, 4) is 0 Å². The molecule has 5 nitrogen and oxygen atoms in total. The third-order valence-electron chi connectivity index (χ3n) is 4.32. The van der Waals surface area contributed by atoms with Crippen molar-refractivity contribution in [2.45, 2.75) is 25.8 Å². The maximum absolute atomic E-state index is 4.55. The number of nitrogens with zero attached hydrogens (tertiary/aromatic N) is 4. The van der Waals surface area contributed by atoms with Crippen LogP contribution in [0.5, 0.6) is 0 Å². The largest absolute Gasteiger partial charge is 0.359 e. The average Bonchev–Trinajstić information content (AvgIpc) is 3.00. The molecule has 0 amide bonds. The quantitative estimate of drug-likeness (QED) is 0.708. The topological polar surface area (TPSA) is 53.9 Å². The Hall–Kier alpha value is -1.73. The number of benzene rings is 1. The lowest BCUT2D eigenvalue weighted by molar-refractivity contribution is 0.524. The molecule has 2 aromatic heterocycles. The van der Waals surface area contributed by atoms with Gasteiger partial charge in [-0.3, -0.25) is 0 Å². The van der Waals surface area contributed by atoms with Gasteiger partial charge in [0.25, 0.3) is 0 Å². The highest BCUT2D eigenvalue weighted by molar-refractivity contribution is 9.10. The summed E-state index contributed by atoms with van der Waals surface area (Å²) in [5.74, 6) is 1.03. The highest BCUT2D eigenvalue weighted by atomic mass is 79.9. The maximum atomic E-state index is 4.55. The van der Waals surface area contributed by atoms with Crippen LogP contribution in [0.2, 0.25) is 0 Å². The van der Waals surface area contributed by atoms with E-state index in [0.717, 1.165) is 58.0 Å². The lowest BCUT2D eigenvalue weighted by Crippen LogP contribution is -2.39. The molecule has 1 fully saturated rings. The Morgan fingerprint density at radius 3 is 2.83 bits per heavy atom. The Morgan fingerprint density at radius 1 is 1.25 bits per heavy atom. The third-order valence-corrected chi connectivity index (χ3v) is 5.70. The van der Waals surface area contributed by atoms with Gasteiger partial charge in [0, 0.05) is 34.4 Å². The van der Waals surface area contributed by atoms with Crippen molar-refractivity contribution in [3.63, 3.8) is 0 Å². The number of fused-ring (bicyclic) bond motifs is 1. The molecule has 0 unspecified atom stereocenters. The molecule has 1 saturated heterocycles. The summed E-state index contributed by atoms with van der Waals surface area (Å²) in [6.07, 6.45) is 3.82. The van der Waals surface area contributed by atoms with E-state index >= 15 is 0 Å². The van der Waals surface area contributed by atoms with Crippen LogP contribution in [0.25, 0.3) is 10.9 Å². The van der Waals surface area contributed by atoms with Crippen LogP contribution in [-0.4, -0.2) is 34.1 Å². The van der Waals surface area contributed by atoms with Crippen molar-refractivity contribution in [2.24, 2.45) is 0 Å². The van der Waals surface area contributed by atoms with Gasteiger partial charge in [0.05, 0.1) is 11.2 Å². The first kappa shape index (κ1) is 15.8. The Bertz CT molecular complexity index is 857. The van der Waals surface area contributed by atoms with Gasteiger partial charge in [-0.05, 0) is 38.0 Å². The molecule has 0 radical (unpaired) electrons. The molecule has 0 saturated carbocycles. The van der Waals surface area contributed by atoms with Crippen molar-refractivity contribution in [2.75, 3.05) is 23.3 Å². The Balaban J connectivity index is 1.49. The second kappa shape index (κ2) is 6.64. The molecule has 0 atom stereocenters. The summed E-state index contributed by atoms with van der Waals surface area (Å²) in [6.45, 7) is 4.00. The van der Waals surface area contributed by atoms with E-state index < -0.39 is 0 Å². The second-order valence-electron chi connectivity index (χ2n) is 6.06. The lowest BCUT2D eigenvalue weighted by atomic mass is 10.0. The van der Waals surface area contributed by atoms with Gasteiger partial charge in [-0.25, -0.2) is 15.0 Å². The van der Waals surface area contributed by atoms with Crippen LogP contribution in [0.4, 0.5) is 10.9 Å². The SMILES string of the molecule is Cc1csc(NC2CCN(c3ncnc4ccc(Br)cc34)CC2)n1. The number of rotatable bonds is 3. The summed E-state index contributed by atoms with van der Waals surface area (Å²) in [6, 6.07) is 6.63. The van der Waals surface area contributed by atoms with Gasteiger partial charge in [-0.1, -0.05) is 15.9 Å². The molecule has 0 aliphatic carbocycles. The summed E-state index contributed by atoms with van der Waals surface area (Å²) in [5, 5.41) is 7.78. The van der Waals surface area contributed by atoms with E-state index in [1.165, 1.54) is 0 Å². The molecule has 1 aliphatic rings. The Labute approximate surface area is 153 Å². The average molecular weight is 404 g/mol. The first-order valence-electron chi connectivity index (χ1n) is 8.03. The number of halogens is 1. The van der Waals surface area contributed by atoms with Crippen molar-refractivity contribution in [1.29, 1.82) is 0 Å².